The average molecular weight is 365 g/mol. The fourth-order valence-electron chi connectivity index (χ4n) is 3.21. The molecule has 1 saturated heterocycles. The molecule has 0 spiro atoms. The summed E-state index contributed by atoms with van der Waals surface area (Å²) in [5.41, 5.74) is 5.92. The van der Waals surface area contributed by atoms with E-state index >= 15 is 0 Å². The van der Waals surface area contributed by atoms with Gasteiger partial charge in [0.15, 0.2) is 0 Å². The van der Waals surface area contributed by atoms with Gasteiger partial charge in [-0.15, -0.1) is 0 Å². The molecular formula is C17H28N6OS. The molecule has 2 heterocycles. The van der Waals surface area contributed by atoms with Crippen molar-refractivity contribution in [3.05, 3.63) is 18.2 Å². The SMILES string of the molecule is CC1(C)CC(CCCN=C(N)CNc2cccc(SN)n2)CN1C=O. The maximum absolute atomic E-state index is 11.1. The number of hydrogen-bond donors (Lipinski definition) is 3. The van der Waals surface area contributed by atoms with Crippen LogP contribution in [-0.2, 0) is 4.79 Å². The van der Waals surface area contributed by atoms with E-state index < -0.39 is 0 Å². The molecule has 1 fully saturated rings. The minimum atomic E-state index is -0.0258. The van der Waals surface area contributed by atoms with Crippen LogP contribution in [0.15, 0.2) is 28.2 Å². The number of hydrogen-bond acceptors (Lipinski definition) is 6. The van der Waals surface area contributed by atoms with Gasteiger partial charge < -0.3 is 16.0 Å². The summed E-state index contributed by atoms with van der Waals surface area (Å²) in [6.45, 7) is 6.25. The summed E-state index contributed by atoms with van der Waals surface area (Å²) in [7, 11) is 0. The Labute approximate surface area is 153 Å². The van der Waals surface area contributed by atoms with E-state index in [0.717, 1.165) is 55.0 Å². The topological polar surface area (TPSA) is 110 Å². The molecule has 1 amide bonds. The van der Waals surface area contributed by atoms with Crippen LogP contribution in [0.5, 0.6) is 0 Å². The average Bonchev–Trinajstić information content (AvgIpc) is 2.90. The van der Waals surface area contributed by atoms with Gasteiger partial charge in [0.2, 0.25) is 6.41 Å². The molecule has 1 aromatic rings. The molecule has 5 N–H and O–H groups in total. The third-order valence-electron chi connectivity index (χ3n) is 4.53. The van der Waals surface area contributed by atoms with Gasteiger partial charge in [0.05, 0.1) is 6.54 Å². The van der Waals surface area contributed by atoms with Crippen molar-refractivity contribution in [3.8, 4) is 0 Å². The lowest BCUT2D eigenvalue weighted by molar-refractivity contribution is -0.120. The van der Waals surface area contributed by atoms with Gasteiger partial charge in [0.1, 0.15) is 16.7 Å². The fourth-order valence-corrected chi connectivity index (χ4v) is 3.52. The summed E-state index contributed by atoms with van der Waals surface area (Å²) in [6.07, 6.45) is 4.06. The number of carbonyl (C=O) groups is 1. The third kappa shape index (κ3) is 5.89. The molecule has 1 aliphatic rings. The van der Waals surface area contributed by atoms with E-state index in [1.807, 2.05) is 23.1 Å². The van der Waals surface area contributed by atoms with Crippen molar-refractivity contribution >= 4 is 30.0 Å². The van der Waals surface area contributed by atoms with Crippen LogP contribution in [0.25, 0.3) is 0 Å². The lowest BCUT2D eigenvalue weighted by atomic mass is 9.93. The summed E-state index contributed by atoms with van der Waals surface area (Å²) in [5.74, 6) is 1.85. The van der Waals surface area contributed by atoms with Gasteiger partial charge in [-0.1, -0.05) is 6.07 Å². The second-order valence-corrected chi connectivity index (χ2v) is 7.64. The Balaban J connectivity index is 1.69. The van der Waals surface area contributed by atoms with E-state index in [1.54, 1.807) is 0 Å². The summed E-state index contributed by atoms with van der Waals surface area (Å²) in [5, 5.41) is 9.40. The molecule has 1 unspecified atom stereocenters. The molecular weight excluding hydrogens is 336 g/mol. The predicted molar refractivity (Wildman–Crippen MR) is 103 cm³/mol. The Hall–Kier alpha value is -1.80. The standard InChI is InChI=1S/C17H28N6OS/c1-17(2)9-13(11-23(17)12-24)5-4-8-20-14(18)10-21-15-6-3-7-16(22-15)25-19/h3,6-7,12-13H,4-5,8-11,19H2,1-2H3,(H2,18,20)(H,21,22). The minimum Gasteiger partial charge on any atom is -0.386 e. The van der Waals surface area contributed by atoms with Crippen LogP contribution >= 0.6 is 11.9 Å². The van der Waals surface area contributed by atoms with Crippen molar-refractivity contribution in [2.45, 2.75) is 43.7 Å². The van der Waals surface area contributed by atoms with E-state index in [9.17, 15) is 4.79 Å². The normalized spacial score (nSPS) is 19.9. The van der Waals surface area contributed by atoms with Crippen molar-refractivity contribution < 1.29 is 4.79 Å². The van der Waals surface area contributed by atoms with E-state index in [2.05, 4.69) is 29.1 Å². The van der Waals surface area contributed by atoms with E-state index in [4.69, 9.17) is 10.9 Å². The highest BCUT2D eigenvalue weighted by atomic mass is 32.2. The zero-order valence-electron chi connectivity index (χ0n) is 14.9. The molecule has 0 aliphatic carbocycles. The number of pyridine rings is 1. The zero-order chi connectivity index (χ0) is 18.3. The van der Waals surface area contributed by atoms with E-state index in [0.29, 0.717) is 24.8 Å². The largest absolute Gasteiger partial charge is 0.386 e. The summed E-state index contributed by atoms with van der Waals surface area (Å²) in [6, 6.07) is 5.61. The second-order valence-electron chi connectivity index (χ2n) is 6.99. The first-order valence-corrected chi connectivity index (χ1v) is 9.41. The first-order valence-electron chi connectivity index (χ1n) is 8.53. The number of aliphatic imine (C=N–C) groups is 1. The Morgan fingerprint density at radius 3 is 3.04 bits per heavy atom. The molecule has 0 radical (unpaired) electrons. The Kier molecular flexibility index (Phi) is 7.07. The lowest BCUT2D eigenvalue weighted by Crippen LogP contribution is -2.36. The number of likely N-dealkylation sites (tertiary alicyclic amines) is 1. The number of nitrogens with two attached hydrogens (primary N) is 2. The number of carbonyl (C=O) groups excluding carboxylic acids is 1. The fraction of sp³-hybridized carbons (Fsp3) is 0.588. The first kappa shape index (κ1) is 19.5. The van der Waals surface area contributed by atoms with Crippen molar-refractivity contribution in [3.63, 3.8) is 0 Å². The number of nitrogens with zero attached hydrogens (tertiary/aromatic N) is 3. The quantitative estimate of drug-likeness (QED) is 0.203. The van der Waals surface area contributed by atoms with Crippen LogP contribution in [0.1, 0.15) is 33.1 Å². The van der Waals surface area contributed by atoms with Crippen molar-refractivity contribution in [2.24, 2.45) is 21.8 Å². The number of amides is 1. The van der Waals surface area contributed by atoms with E-state index in [-0.39, 0.29) is 5.54 Å². The number of rotatable bonds is 9. The number of anilines is 1. The summed E-state index contributed by atoms with van der Waals surface area (Å²) < 4.78 is 0. The number of amidine groups is 1. The lowest BCUT2D eigenvalue weighted by Gasteiger charge is -2.27. The minimum absolute atomic E-state index is 0.0258. The molecule has 2 rings (SSSR count). The summed E-state index contributed by atoms with van der Waals surface area (Å²) in [4.78, 5) is 21.7. The van der Waals surface area contributed by atoms with Crippen LogP contribution < -0.4 is 16.2 Å². The first-order chi connectivity index (χ1) is 11.9. The predicted octanol–water partition coefficient (Wildman–Crippen LogP) is 1.85. The molecule has 0 bridgehead atoms. The molecule has 0 aromatic carbocycles. The van der Waals surface area contributed by atoms with Gasteiger partial charge in [-0.05, 0) is 63.1 Å². The van der Waals surface area contributed by atoms with Crippen molar-refractivity contribution in [2.75, 3.05) is 25.0 Å². The van der Waals surface area contributed by atoms with Crippen LogP contribution in [0.3, 0.4) is 0 Å². The van der Waals surface area contributed by atoms with Gasteiger partial charge in [-0.2, -0.15) is 0 Å². The second kappa shape index (κ2) is 9.05. The molecule has 1 aromatic heterocycles. The third-order valence-corrected chi connectivity index (χ3v) is 5.00. The Morgan fingerprint density at radius 1 is 1.56 bits per heavy atom. The van der Waals surface area contributed by atoms with Gasteiger partial charge in [-0.3, -0.25) is 14.9 Å². The van der Waals surface area contributed by atoms with E-state index in [1.165, 1.54) is 0 Å². The molecule has 1 atom stereocenters. The molecule has 0 saturated carbocycles. The highest BCUT2D eigenvalue weighted by Gasteiger charge is 2.36. The smallest absolute Gasteiger partial charge is 0.210 e. The van der Waals surface area contributed by atoms with Gasteiger partial charge >= 0.3 is 0 Å². The van der Waals surface area contributed by atoms with Gasteiger partial charge in [0.25, 0.3) is 0 Å². The molecule has 7 nitrogen and oxygen atoms in total. The maximum atomic E-state index is 11.1. The van der Waals surface area contributed by atoms with Crippen LogP contribution in [0.4, 0.5) is 5.82 Å². The van der Waals surface area contributed by atoms with Crippen LogP contribution in [0, 0.1) is 5.92 Å². The molecule has 1 aliphatic heterocycles. The monoisotopic (exact) mass is 364 g/mol. The maximum Gasteiger partial charge on any atom is 0.210 e. The Bertz CT molecular complexity index is 607. The molecule has 25 heavy (non-hydrogen) atoms. The van der Waals surface area contributed by atoms with Crippen LogP contribution in [0.2, 0.25) is 0 Å². The molecule has 138 valence electrons. The number of nitrogens with one attached hydrogen (secondary N) is 1. The van der Waals surface area contributed by atoms with Crippen molar-refractivity contribution in [1.82, 2.24) is 9.88 Å². The number of aromatic nitrogens is 1. The summed E-state index contributed by atoms with van der Waals surface area (Å²) >= 11 is 1.11. The van der Waals surface area contributed by atoms with Gasteiger partial charge in [0, 0.05) is 18.6 Å². The molecule has 8 heteroatoms. The van der Waals surface area contributed by atoms with Gasteiger partial charge in [-0.25, -0.2) is 4.98 Å². The zero-order valence-corrected chi connectivity index (χ0v) is 15.8. The Morgan fingerprint density at radius 2 is 2.36 bits per heavy atom. The van der Waals surface area contributed by atoms with Crippen LogP contribution in [-0.4, -0.2) is 47.3 Å². The highest BCUT2D eigenvalue weighted by molar-refractivity contribution is 7.97. The highest BCUT2D eigenvalue weighted by Crippen LogP contribution is 2.33. The van der Waals surface area contributed by atoms with Crippen molar-refractivity contribution in [1.29, 1.82) is 0 Å².